The number of aryl methyl sites for hydroxylation is 1. The number of carbonyl (C=O) groups is 1. The van der Waals surface area contributed by atoms with E-state index in [1.54, 1.807) is 13.3 Å². The SMILES string of the molecule is CCc1cccc2cc(OCOC)cc(-c3ncc4c(N5CC6CCC(C5)N6C(=O)OC(C)(C)C)nc(OC[C@@H]5CC[C@H](CO[Si](c6ccccc6)(c6ccccc6)C(C)(C)C)CCCN5)nc4c3F)c12. The molecule has 9 rings (SSSR count). The summed E-state index contributed by atoms with van der Waals surface area (Å²) < 4.78 is 48.8. The van der Waals surface area contributed by atoms with E-state index in [2.05, 4.69) is 105 Å². The van der Waals surface area contributed by atoms with Crippen LogP contribution in [0.25, 0.3) is 32.9 Å². The molecule has 0 aliphatic carbocycles. The third kappa shape index (κ3) is 10.6. The summed E-state index contributed by atoms with van der Waals surface area (Å²) in [7, 11) is -1.13. The minimum Gasteiger partial charge on any atom is -0.468 e. The van der Waals surface area contributed by atoms with Gasteiger partial charge in [-0.3, -0.25) is 9.88 Å². The molecule has 376 valence electrons. The lowest BCUT2D eigenvalue weighted by molar-refractivity contribution is 0.0122. The van der Waals surface area contributed by atoms with E-state index >= 15 is 4.39 Å². The smallest absolute Gasteiger partial charge is 0.410 e. The van der Waals surface area contributed by atoms with Crippen molar-refractivity contribution in [3.05, 3.63) is 109 Å². The summed E-state index contributed by atoms with van der Waals surface area (Å²) in [4.78, 5) is 32.4. The molecule has 2 aromatic heterocycles. The summed E-state index contributed by atoms with van der Waals surface area (Å²) in [5.41, 5.74) is 1.32. The quantitative estimate of drug-likeness (QED) is 0.0830. The van der Waals surface area contributed by atoms with Gasteiger partial charge in [-0.1, -0.05) is 107 Å². The predicted octanol–water partition coefficient (Wildman–Crippen LogP) is 10.2. The van der Waals surface area contributed by atoms with Gasteiger partial charge in [0.2, 0.25) is 0 Å². The van der Waals surface area contributed by atoms with Crippen LogP contribution < -0.4 is 30.1 Å². The minimum atomic E-state index is -2.70. The Bertz CT molecular complexity index is 2750. The Morgan fingerprint density at radius 2 is 1.54 bits per heavy atom. The lowest BCUT2D eigenvalue weighted by Gasteiger charge is -2.44. The van der Waals surface area contributed by atoms with E-state index in [1.165, 1.54) is 10.4 Å². The first kappa shape index (κ1) is 50.3. The molecule has 4 atom stereocenters. The van der Waals surface area contributed by atoms with Crippen LogP contribution in [0.3, 0.4) is 0 Å². The molecular formula is C57H71FN6O6Si. The Morgan fingerprint density at radius 1 is 0.831 bits per heavy atom. The molecule has 71 heavy (non-hydrogen) atoms. The van der Waals surface area contributed by atoms with E-state index in [0.29, 0.717) is 54.7 Å². The van der Waals surface area contributed by atoms with Crippen molar-refractivity contribution in [1.29, 1.82) is 0 Å². The largest absolute Gasteiger partial charge is 0.468 e. The van der Waals surface area contributed by atoms with E-state index in [0.717, 1.165) is 67.8 Å². The van der Waals surface area contributed by atoms with E-state index in [-0.39, 0.29) is 53.3 Å². The van der Waals surface area contributed by atoms with Crippen LogP contribution in [-0.2, 0) is 20.3 Å². The molecule has 0 spiro atoms. The molecule has 1 N–H and O–H groups in total. The lowest BCUT2D eigenvalue weighted by atomic mass is 9.94. The Balaban J connectivity index is 1.02. The van der Waals surface area contributed by atoms with Gasteiger partial charge < -0.3 is 33.6 Å². The second kappa shape index (κ2) is 21.2. The van der Waals surface area contributed by atoms with E-state index in [1.807, 2.05) is 49.9 Å². The molecule has 1 amide bonds. The molecular weight excluding hydrogens is 912 g/mol. The molecule has 0 saturated carbocycles. The summed E-state index contributed by atoms with van der Waals surface area (Å²) in [6.07, 6.45) is 7.66. The number of fused-ring (bicyclic) bond motifs is 4. The first-order valence-corrected chi connectivity index (χ1v) is 27.5. The van der Waals surface area contributed by atoms with Gasteiger partial charge in [-0.2, -0.15) is 9.97 Å². The van der Waals surface area contributed by atoms with Gasteiger partial charge in [-0.15, -0.1) is 0 Å². The maximum absolute atomic E-state index is 17.7. The van der Waals surface area contributed by atoms with Crippen LogP contribution in [0.5, 0.6) is 11.8 Å². The number of hydrogen-bond donors (Lipinski definition) is 1. The molecule has 5 heterocycles. The molecule has 4 aromatic carbocycles. The number of nitrogens with one attached hydrogen (secondary N) is 1. The number of amides is 1. The van der Waals surface area contributed by atoms with Gasteiger partial charge in [0.25, 0.3) is 8.32 Å². The van der Waals surface area contributed by atoms with E-state index in [9.17, 15) is 4.79 Å². The fraction of sp³-hybridized carbons (Fsp3) is 0.474. The zero-order valence-corrected chi connectivity index (χ0v) is 43.8. The molecule has 2 bridgehead atoms. The van der Waals surface area contributed by atoms with Crippen molar-refractivity contribution in [2.75, 3.05) is 51.7 Å². The highest BCUT2D eigenvalue weighted by molar-refractivity contribution is 6.99. The van der Waals surface area contributed by atoms with Gasteiger partial charge in [-0.25, -0.2) is 9.18 Å². The maximum atomic E-state index is 17.7. The summed E-state index contributed by atoms with van der Waals surface area (Å²) in [5.74, 6) is 0.863. The van der Waals surface area contributed by atoms with Crippen LogP contribution >= 0.6 is 0 Å². The van der Waals surface area contributed by atoms with Crippen molar-refractivity contribution >= 4 is 52.3 Å². The van der Waals surface area contributed by atoms with Crippen molar-refractivity contribution in [2.24, 2.45) is 5.92 Å². The topological polar surface area (TPSA) is 120 Å². The van der Waals surface area contributed by atoms with Crippen molar-refractivity contribution < 1.29 is 32.6 Å². The molecule has 3 aliphatic heterocycles. The highest BCUT2D eigenvalue weighted by Gasteiger charge is 2.50. The predicted molar refractivity (Wildman–Crippen MR) is 282 cm³/mol. The zero-order chi connectivity index (χ0) is 49.9. The highest BCUT2D eigenvalue weighted by Crippen LogP contribution is 2.42. The number of halogens is 1. The Hall–Kier alpha value is -5.67. The van der Waals surface area contributed by atoms with Gasteiger partial charge in [-0.05, 0) is 122 Å². The third-order valence-corrected chi connectivity index (χ3v) is 19.6. The van der Waals surface area contributed by atoms with Crippen LogP contribution in [0.1, 0.15) is 92.6 Å². The maximum Gasteiger partial charge on any atom is 0.410 e. The normalized spacial score (nSPS) is 20.0. The average molecular weight is 983 g/mol. The lowest BCUT2D eigenvalue weighted by Crippen LogP contribution is -2.66. The molecule has 12 nitrogen and oxygen atoms in total. The van der Waals surface area contributed by atoms with Crippen molar-refractivity contribution in [3.8, 4) is 23.0 Å². The summed E-state index contributed by atoms with van der Waals surface area (Å²) in [6.45, 7) is 17.6. The number of ether oxygens (including phenoxy) is 4. The molecule has 0 radical (unpaired) electrons. The van der Waals surface area contributed by atoms with Gasteiger partial charge >= 0.3 is 12.1 Å². The second-order valence-electron chi connectivity index (χ2n) is 21.6. The van der Waals surface area contributed by atoms with Gasteiger partial charge in [0.15, 0.2) is 12.6 Å². The number of methoxy groups -OCH3 is 1. The van der Waals surface area contributed by atoms with Crippen LogP contribution in [0.2, 0.25) is 5.04 Å². The summed E-state index contributed by atoms with van der Waals surface area (Å²) >= 11 is 0. The van der Waals surface area contributed by atoms with Gasteiger partial charge in [0.1, 0.15) is 35.0 Å². The minimum absolute atomic E-state index is 0.00754. The number of piperazine rings is 1. The fourth-order valence-electron chi connectivity index (χ4n) is 11.2. The van der Waals surface area contributed by atoms with Crippen LogP contribution in [0.15, 0.2) is 97.2 Å². The number of pyridine rings is 1. The van der Waals surface area contributed by atoms with E-state index in [4.69, 9.17) is 38.3 Å². The van der Waals surface area contributed by atoms with E-state index < -0.39 is 19.7 Å². The fourth-order valence-corrected chi connectivity index (χ4v) is 15.9. The third-order valence-electron chi connectivity index (χ3n) is 14.6. The Morgan fingerprint density at radius 3 is 2.18 bits per heavy atom. The molecule has 3 aliphatic rings. The number of aromatic nitrogens is 3. The van der Waals surface area contributed by atoms with Crippen LogP contribution in [0, 0.1) is 11.7 Å². The highest BCUT2D eigenvalue weighted by atomic mass is 28.4. The summed E-state index contributed by atoms with van der Waals surface area (Å²) in [5, 5.41) is 8.48. The molecule has 14 heteroatoms. The monoisotopic (exact) mass is 983 g/mol. The summed E-state index contributed by atoms with van der Waals surface area (Å²) in [6, 6.07) is 31.4. The van der Waals surface area contributed by atoms with Gasteiger partial charge in [0, 0.05) is 44.6 Å². The zero-order valence-electron chi connectivity index (χ0n) is 42.8. The first-order chi connectivity index (χ1) is 34.2. The number of hydrogen-bond acceptors (Lipinski definition) is 11. The number of rotatable bonds is 14. The van der Waals surface area contributed by atoms with Crippen molar-refractivity contribution in [1.82, 2.24) is 25.2 Å². The Kier molecular flexibility index (Phi) is 15.0. The number of carbonyl (C=O) groups excluding carboxylic acids is 1. The van der Waals surface area contributed by atoms with Crippen molar-refractivity contribution in [2.45, 2.75) is 122 Å². The van der Waals surface area contributed by atoms with Crippen LogP contribution in [0.4, 0.5) is 15.0 Å². The standard InChI is InChI=1S/C57H71FN6O6Si/c1-9-39-19-16-20-40-30-44(68-37-66-8)31-47(49(39)40)51-50(58)52-48(32-60-51)53(63-33-42-27-28-43(34-63)64(42)55(65)70-56(2,3)4)62-54(61-52)67-36-41-26-25-38(18-17-29-59-41)35-69-71(57(5,6)7,45-21-12-10-13-22-45)46-23-14-11-15-24-46/h10-16,19-24,30-32,38,41-43,59H,9,17-18,25-29,33-37H2,1-8H3/t38-,41+,42?,43?/m1/s1. The van der Waals surface area contributed by atoms with Gasteiger partial charge in [0.05, 0.1) is 17.5 Å². The number of benzene rings is 4. The molecule has 2 unspecified atom stereocenters. The number of nitrogens with zero attached hydrogens (tertiary/aromatic N) is 5. The molecule has 3 saturated heterocycles. The first-order valence-electron chi connectivity index (χ1n) is 25.6. The Labute approximate surface area is 419 Å². The molecule has 6 aromatic rings. The average Bonchev–Trinajstić information content (AvgIpc) is 3.62. The van der Waals surface area contributed by atoms with Crippen LogP contribution in [-0.4, -0.2) is 105 Å². The number of anilines is 1. The second-order valence-corrected chi connectivity index (χ2v) is 25.9. The molecule has 3 fully saturated rings. The van der Waals surface area contributed by atoms with Crippen molar-refractivity contribution in [3.63, 3.8) is 0 Å².